The number of hydrogen-bond donors (Lipinski definition) is 0. The molecule has 0 radical (unpaired) electrons. The van der Waals surface area contributed by atoms with Gasteiger partial charge in [0.1, 0.15) is 0 Å². The Hall–Kier alpha value is -0.560. The number of thiophene rings is 1. The average Bonchev–Trinajstić information content (AvgIpc) is 2.94. The summed E-state index contributed by atoms with van der Waals surface area (Å²) in [4.78, 5) is 1.20. The second-order valence-electron chi connectivity index (χ2n) is 4.68. The molecule has 2 saturated heterocycles. The molecule has 0 aliphatic carbocycles. The largest absolute Gasteiger partial charge is 0.373 e. The number of halogens is 1. The second kappa shape index (κ2) is 3.73. The maximum atomic E-state index is 9.45. The van der Waals surface area contributed by atoms with Crippen LogP contribution in [0.25, 0.3) is 0 Å². The Bertz CT molecular complexity index is 452. The average molecular weight is 254 g/mol. The molecular weight excluding hydrogens is 242 g/mol. The number of rotatable bonds is 2. The van der Waals surface area contributed by atoms with Crippen molar-refractivity contribution in [3.63, 3.8) is 0 Å². The monoisotopic (exact) mass is 253 g/mol. The lowest BCUT2D eigenvalue weighted by Crippen LogP contribution is -2.32. The Kier molecular flexibility index (Phi) is 2.47. The highest BCUT2D eigenvalue weighted by Crippen LogP contribution is 2.49. The van der Waals surface area contributed by atoms with Gasteiger partial charge in [-0.2, -0.15) is 5.26 Å². The third-order valence-electron chi connectivity index (χ3n) is 3.66. The molecule has 3 rings (SSSR count). The molecule has 4 heteroatoms. The van der Waals surface area contributed by atoms with Crippen LogP contribution in [0.1, 0.15) is 24.1 Å². The standard InChI is InChI=1S/C12H12ClNOS/c13-11-4-2-9(16-11)6-12(7-14)5-8-1-3-10(12)15-8/h2,4,8,10H,1,3,5-6H2. The summed E-state index contributed by atoms with van der Waals surface area (Å²) in [6, 6.07) is 6.43. The summed E-state index contributed by atoms with van der Waals surface area (Å²) < 4.78 is 6.61. The highest BCUT2D eigenvalue weighted by molar-refractivity contribution is 7.16. The summed E-state index contributed by atoms with van der Waals surface area (Å²) in [7, 11) is 0. The zero-order valence-electron chi connectivity index (χ0n) is 8.78. The van der Waals surface area contributed by atoms with Crippen LogP contribution < -0.4 is 0 Å². The second-order valence-corrected chi connectivity index (χ2v) is 6.48. The van der Waals surface area contributed by atoms with Crippen LogP contribution in [0.2, 0.25) is 4.34 Å². The Labute approximate surface area is 104 Å². The van der Waals surface area contributed by atoms with Crippen LogP contribution in [0, 0.1) is 16.7 Å². The lowest BCUT2D eigenvalue weighted by molar-refractivity contribution is 0.0789. The van der Waals surface area contributed by atoms with E-state index in [4.69, 9.17) is 16.3 Å². The van der Waals surface area contributed by atoms with Crippen molar-refractivity contribution in [3.8, 4) is 6.07 Å². The molecule has 1 aromatic rings. The van der Waals surface area contributed by atoms with E-state index >= 15 is 0 Å². The van der Waals surface area contributed by atoms with Crippen molar-refractivity contribution in [2.75, 3.05) is 0 Å². The summed E-state index contributed by atoms with van der Waals surface area (Å²) in [5, 5.41) is 9.45. The molecule has 2 nitrogen and oxygen atoms in total. The van der Waals surface area contributed by atoms with Gasteiger partial charge >= 0.3 is 0 Å². The van der Waals surface area contributed by atoms with Gasteiger partial charge in [0.05, 0.1) is 28.0 Å². The van der Waals surface area contributed by atoms with Crippen molar-refractivity contribution in [3.05, 3.63) is 21.3 Å². The van der Waals surface area contributed by atoms with Gasteiger partial charge < -0.3 is 4.74 Å². The summed E-state index contributed by atoms with van der Waals surface area (Å²) in [5.74, 6) is 0. The molecule has 2 bridgehead atoms. The molecule has 3 atom stereocenters. The van der Waals surface area contributed by atoms with E-state index in [2.05, 4.69) is 6.07 Å². The highest BCUT2D eigenvalue weighted by Gasteiger charge is 2.52. The number of ether oxygens (including phenoxy) is 1. The molecule has 0 N–H and O–H groups in total. The highest BCUT2D eigenvalue weighted by atomic mass is 35.5. The third kappa shape index (κ3) is 1.57. The zero-order valence-corrected chi connectivity index (χ0v) is 10.4. The first kappa shape index (κ1) is 10.6. The Morgan fingerprint density at radius 1 is 1.56 bits per heavy atom. The van der Waals surface area contributed by atoms with E-state index < -0.39 is 0 Å². The summed E-state index contributed by atoms with van der Waals surface area (Å²) >= 11 is 7.49. The van der Waals surface area contributed by atoms with Crippen LogP contribution in [0.15, 0.2) is 12.1 Å². The van der Waals surface area contributed by atoms with Gasteiger partial charge in [0, 0.05) is 11.3 Å². The molecule has 1 aromatic heterocycles. The Morgan fingerprint density at radius 3 is 2.94 bits per heavy atom. The maximum absolute atomic E-state index is 9.45. The lowest BCUT2D eigenvalue weighted by Gasteiger charge is -2.27. The number of fused-ring (bicyclic) bond motifs is 2. The minimum atomic E-state index is -0.295. The van der Waals surface area contributed by atoms with Crippen molar-refractivity contribution in [1.82, 2.24) is 0 Å². The van der Waals surface area contributed by atoms with Gasteiger partial charge in [-0.25, -0.2) is 0 Å². The minimum Gasteiger partial charge on any atom is -0.373 e. The van der Waals surface area contributed by atoms with Crippen LogP contribution in [-0.4, -0.2) is 12.2 Å². The summed E-state index contributed by atoms with van der Waals surface area (Å²) in [6.45, 7) is 0. The molecule has 0 amide bonds. The molecule has 0 aromatic carbocycles. The predicted octanol–water partition coefficient (Wildman–Crippen LogP) is 3.41. The number of nitrogens with zero attached hydrogens (tertiary/aromatic N) is 1. The molecule has 3 heterocycles. The molecule has 84 valence electrons. The molecule has 0 saturated carbocycles. The summed E-state index contributed by atoms with van der Waals surface area (Å²) in [5.41, 5.74) is -0.295. The van der Waals surface area contributed by atoms with Crippen molar-refractivity contribution < 1.29 is 4.74 Å². The topological polar surface area (TPSA) is 33.0 Å². The molecule has 2 aliphatic heterocycles. The van der Waals surface area contributed by atoms with Gasteiger partial charge in [-0.1, -0.05) is 11.6 Å². The van der Waals surface area contributed by atoms with Crippen LogP contribution in [-0.2, 0) is 11.2 Å². The van der Waals surface area contributed by atoms with Crippen LogP contribution in [0.3, 0.4) is 0 Å². The summed E-state index contributed by atoms with van der Waals surface area (Å²) in [6.07, 6.45) is 4.31. The van der Waals surface area contributed by atoms with Gasteiger partial charge in [0.25, 0.3) is 0 Å². The first-order chi connectivity index (χ1) is 7.72. The SMILES string of the molecule is N#CC1(Cc2ccc(Cl)s2)CC2CCC1O2. The molecule has 2 fully saturated rings. The minimum absolute atomic E-state index is 0.142. The van der Waals surface area contributed by atoms with Crippen LogP contribution in [0.4, 0.5) is 0 Å². The Balaban J connectivity index is 1.85. The van der Waals surface area contributed by atoms with E-state index in [0.29, 0.717) is 6.10 Å². The van der Waals surface area contributed by atoms with E-state index in [0.717, 1.165) is 30.0 Å². The fourth-order valence-corrected chi connectivity index (χ4v) is 4.11. The maximum Gasteiger partial charge on any atom is 0.0931 e. The van der Waals surface area contributed by atoms with Crippen molar-refractivity contribution >= 4 is 22.9 Å². The first-order valence-electron chi connectivity index (χ1n) is 5.53. The molecule has 0 spiro atoms. The van der Waals surface area contributed by atoms with Gasteiger partial charge in [0.2, 0.25) is 0 Å². The third-order valence-corrected chi connectivity index (χ3v) is 4.89. The lowest BCUT2D eigenvalue weighted by atomic mass is 9.72. The van der Waals surface area contributed by atoms with Crippen molar-refractivity contribution in [1.29, 1.82) is 5.26 Å². The fraction of sp³-hybridized carbons (Fsp3) is 0.583. The smallest absolute Gasteiger partial charge is 0.0931 e. The van der Waals surface area contributed by atoms with Crippen molar-refractivity contribution in [2.24, 2.45) is 5.41 Å². The van der Waals surface area contributed by atoms with E-state index in [1.807, 2.05) is 12.1 Å². The number of hydrogen-bond acceptors (Lipinski definition) is 3. The normalized spacial score (nSPS) is 36.5. The van der Waals surface area contributed by atoms with Crippen LogP contribution >= 0.6 is 22.9 Å². The fourth-order valence-electron chi connectivity index (χ4n) is 2.90. The molecular formula is C12H12ClNOS. The quantitative estimate of drug-likeness (QED) is 0.809. The number of nitriles is 1. The van der Waals surface area contributed by atoms with E-state index in [9.17, 15) is 5.26 Å². The predicted molar refractivity (Wildman–Crippen MR) is 63.6 cm³/mol. The molecule has 2 aliphatic rings. The van der Waals surface area contributed by atoms with E-state index in [1.54, 1.807) is 11.3 Å². The van der Waals surface area contributed by atoms with Gasteiger partial charge in [-0.15, -0.1) is 11.3 Å². The van der Waals surface area contributed by atoms with E-state index in [-0.39, 0.29) is 11.5 Å². The van der Waals surface area contributed by atoms with Gasteiger partial charge in [0.15, 0.2) is 0 Å². The zero-order chi connectivity index (χ0) is 11.2. The van der Waals surface area contributed by atoms with Crippen molar-refractivity contribution in [2.45, 2.75) is 37.9 Å². The van der Waals surface area contributed by atoms with Gasteiger partial charge in [-0.3, -0.25) is 0 Å². The van der Waals surface area contributed by atoms with Crippen LogP contribution in [0.5, 0.6) is 0 Å². The molecule has 16 heavy (non-hydrogen) atoms. The van der Waals surface area contributed by atoms with Gasteiger partial charge in [-0.05, 0) is 31.4 Å². The van der Waals surface area contributed by atoms with E-state index in [1.165, 1.54) is 4.88 Å². The molecule has 3 unspecified atom stereocenters. The Morgan fingerprint density at radius 2 is 2.44 bits per heavy atom. The first-order valence-corrected chi connectivity index (χ1v) is 6.72.